The van der Waals surface area contributed by atoms with Crippen LogP contribution in [0.4, 0.5) is 5.82 Å². The molecule has 0 saturated heterocycles. The Bertz CT molecular complexity index is 468. The number of nitrogens with one attached hydrogen (secondary N) is 1. The molecule has 1 unspecified atom stereocenters. The van der Waals surface area contributed by atoms with Gasteiger partial charge in [-0.05, 0) is 18.4 Å². The van der Waals surface area contributed by atoms with Crippen molar-refractivity contribution < 1.29 is 0 Å². The van der Waals surface area contributed by atoms with Gasteiger partial charge in [-0.2, -0.15) is 5.10 Å². The number of aromatic nitrogens is 3. The zero-order chi connectivity index (χ0) is 12.1. The number of halogens is 1. The molecule has 0 aliphatic heterocycles. The van der Waals surface area contributed by atoms with Crippen LogP contribution in [0.1, 0.15) is 19.8 Å². The van der Waals surface area contributed by atoms with E-state index in [2.05, 4.69) is 22.3 Å². The first-order valence-corrected chi connectivity index (χ1v) is 6.47. The summed E-state index contributed by atoms with van der Waals surface area (Å²) in [5.41, 5.74) is 0.861. The van der Waals surface area contributed by atoms with Crippen molar-refractivity contribution in [3.63, 3.8) is 0 Å². The van der Waals surface area contributed by atoms with Crippen molar-refractivity contribution in [1.29, 1.82) is 0 Å². The molecule has 17 heavy (non-hydrogen) atoms. The fourth-order valence-electron chi connectivity index (χ4n) is 1.76. The molecule has 0 aliphatic carbocycles. The lowest BCUT2D eigenvalue weighted by molar-refractivity contribution is 0.521. The van der Waals surface area contributed by atoms with Crippen molar-refractivity contribution in [3.8, 4) is 0 Å². The fourth-order valence-corrected chi connectivity index (χ4v) is 2.07. The number of fused-ring (bicyclic) bond motifs is 1. The van der Waals surface area contributed by atoms with Crippen LogP contribution in [0.25, 0.3) is 5.65 Å². The maximum absolute atomic E-state index is 5.77. The molecule has 0 fully saturated rings. The third-order valence-corrected chi connectivity index (χ3v) is 3.14. The van der Waals surface area contributed by atoms with Crippen LogP contribution in [0.15, 0.2) is 24.5 Å². The summed E-state index contributed by atoms with van der Waals surface area (Å²) < 4.78 is 1.75. The van der Waals surface area contributed by atoms with Crippen molar-refractivity contribution >= 4 is 23.1 Å². The minimum Gasteiger partial charge on any atom is -0.370 e. The summed E-state index contributed by atoms with van der Waals surface area (Å²) in [5, 5.41) is 7.46. The number of anilines is 1. The molecule has 0 radical (unpaired) electrons. The number of rotatable bonds is 6. The second-order valence-corrected chi connectivity index (χ2v) is 4.46. The quantitative estimate of drug-likeness (QED) is 0.804. The Morgan fingerprint density at radius 2 is 2.35 bits per heavy atom. The van der Waals surface area contributed by atoms with Gasteiger partial charge in [-0.1, -0.05) is 13.3 Å². The molecule has 2 aromatic heterocycles. The summed E-state index contributed by atoms with van der Waals surface area (Å²) >= 11 is 5.77. The first-order valence-electron chi connectivity index (χ1n) is 5.93. The molecule has 0 bridgehead atoms. The zero-order valence-corrected chi connectivity index (χ0v) is 10.7. The molecule has 92 valence electrons. The molecule has 2 heterocycles. The van der Waals surface area contributed by atoms with Gasteiger partial charge >= 0.3 is 0 Å². The Labute approximate surface area is 106 Å². The number of nitrogens with zero attached hydrogens (tertiary/aromatic N) is 3. The van der Waals surface area contributed by atoms with Crippen LogP contribution >= 0.6 is 11.6 Å². The SMILES string of the molecule is CCC(CCCl)CNc1ccn2nccc2n1. The van der Waals surface area contributed by atoms with Gasteiger partial charge < -0.3 is 5.32 Å². The topological polar surface area (TPSA) is 42.2 Å². The molecule has 0 spiro atoms. The average molecular weight is 253 g/mol. The van der Waals surface area contributed by atoms with E-state index in [-0.39, 0.29) is 0 Å². The van der Waals surface area contributed by atoms with E-state index in [4.69, 9.17) is 11.6 Å². The van der Waals surface area contributed by atoms with Crippen molar-refractivity contribution in [2.75, 3.05) is 17.7 Å². The Balaban J connectivity index is 1.97. The second kappa shape index (κ2) is 5.87. The van der Waals surface area contributed by atoms with Crippen LogP contribution in [-0.2, 0) is 0 Å². The first kappa shape index (κ1) is 12.2. The van der Waals surface area contributed by atoms with E-state index in [9.17, 15) is 0 Å². The molecule has 1 N–H and O–H groups in total. The van der Waals surface area contributed by atoms with E-state index in [1.54, 1.807) is 10.7 Å². The standard InChI is InChI=1S/C12H17ClN4/c1-2-10(3-6-13)9-14-11-5-8-17-12(16-11)4-7-15-17/h4-5,7-8,10H,2-3,6,9H2,1H3,(H,14,16). The van der Waals surface area contributed by atoms with Crippen LogP contribution in [0.5, 0.6) is 0 Å². The van der Waals surface area contributed by atoms with Gasteiger partial charge in [0, 0.05) is 24.7 Å². The van der Waals surface area contributed by atoms with E-state index in [0.717, 1.165) is 36.7 Å². The van der Waals surface area contributed by atoms with E-state index < -0.39 is 0 Å². The molecule has 0 saturated carbocycles. The van der Waals surface area contributed by atoms with Gasteiger partial charge in [-0.3, -0.25) is 0 Å². The summed E-state index contributed by atoms with van der Waals surface area (Å²) in [5.74, 6) is 2.22. The summed E-state index contributed by atoms with van der Waals surface area (Å²) in [6.07, 6.45) is 5.83. The lowest BCUT2D eigenvalue weighted by Gasteiger charge is -2.14. The van der Waals surface area contributed by atoms with Crippen LogP contribution in [0.2, 0.25) is 0 Å². The monoisotopic (exact) mass is 252 g/mol. The average Bonchev–Trinajstić information content (AvgIpc) is 2.81. The highest BCUT2D eigenvalue weighted by atomic mass is 35.5. The van der Waals surface area contributed by atoms with Crippen LogP contribution in [0, 0.1) is 5.92 Å². The summed E-state index contributed by atoms with van der Waals surface area (Å²) in [6, 6.07) is 3.83. The highest BCUT2D eigenvalue weighted by Gasteiger charge is 2.06. The van der Waals surface area contributed by atoms with Gasteiger partial charge in [-0.15, -0.1) is 11.6 Å². The largest absolute Gasteiger partial charge is 0.370 e. The minimum absolute atomic E-state index is 0.607. The molecule has 0 aromatic carbocycles. The third kappa shape index (κ3) is 3.09. The number of hydrogen-bond donors (Lipinski definition) is 1. The lowest BCUT2D eigenvalue weighted by atomic mass is 10.0. The highest BCUT2D eigenvalue weighted by molar-refractivity contribution is 6.17. The Morgan fingerprint density at radius 3 is 3.12 bits per heavy atom. The summed E-state index contributed by atoms with van der Waals surface area (Å²) in [7, 11) is 0. The molecule has 0 amide bonds. The number of alkyl halides is 1. The first-order chi connectivity index (χ1) is 8.33. The summed E-state index contributed by atoms with van der Waals surface area (Å²) in [6.45, 7) is 3.10. The zero-order valence-electron chi connectivity index (χ0n) is 9.93. The highest BCUT2D eigenvalue weighted by Crippen LogP contribution is 2.12. The molecular weight excluding hydrogens is 236 g/mol. The van der Waals surface area contributed by atoms with Crippen molar-refractivity contribution in [2.45, 2.75) is 19.8 Å². The van der Waals surface area contributed by atoms with Gasteiger partial charge in [0.1, 0.15) is 5.82 Å². The van der Waals surface area contributed by atoms with Gasteiger partial charge in [0.25, 0.3) is 0 Å². The molecule has 2 rings (SSSR count). The third-order valence-electron chi connectivity index (χ3n) is 2.92. The van der Waals surface area contributed by atoms with Gasteiger partial charge in [0.15, 0.2) is 5.65 Å². The maximum atomic E-state index is 5.77. The van der Waals surface area contributed by atoms with Crippen LogP contribution < -0.4 is 5.32 Å². The van der Waals surface area contributed by atoms with Crippen molar-refractivity contribution in [2.24, 2.45) is 5.92 Å². The minimum atomic E-state index is 0.607. The van der Waals surface area contributed by atoms with E-state index in [1.165, 1.54) is 0 Å². The lowest BCUT2D eigenvalue weighted by Crippen LogP contribution is -2.15. The Hall–Kier alpha value is -1.29. The predicted octanol–water partition coefficient (Wildman–Crippen LogP) is 2.80. The second-order valence-electron chi connectivity index (χ2n) is 4.08. The van der Waals surface area contributed by atoms with Crippen molar-refractivity contribution in [3.05, 3.63) is 24.5 Å². The van der Waals surface area contributed by atoms with Gasteiger partial charge in [0.05, 0.1) is 6.20 Å². The predicted molar refractivity (Wildman–Crippen MR) is 70.6 cm³/mol. The van der Waals surface area contributed by atoms with Crippen LogP contribution in [-0.4, -0.2) is 27.0 Å². The molecule has 1 atom stereocenters. The Morgan fingerprint density at radius 1 is 1.47 bits per heavy atom. The van der Waals surface area contributed by atoms with Crippen molar-refractivity contribution in [1.82, 2.24) is 14.6 Å². The number of hydrogen-bond acceptors (Lipinski definition) is 3. The van der Waals surface area contributed by atoms with E-state index in [1.807, 2.05) is 18.3 Å². The normalized spacial score (nSPS) is 12.8. The molecule has 5 heteroatoms. The van der Waals surface area contributed by atoms with E-state index >= 15 is 0 Å². The van der Waals surface area contributed by atoms with E-state index in [0.29, 0.717) is 5.92 Å². The summed E-state index contributed by atoms with van der Waals surface area (Å²) in [4.78, 5) is 4.46. The van der Waals surface area contributed by atoms with Gasteiger partial charge in [-0.25, -0.2) is 9.50 Å². The molecule has 2 aromatic rings. The maximum Gasteiger partial charge on any atom is 0.157 e. The van der Waals surface area contributed by atoms with Crippen LogP contribution in [0.3, 0.4) is 0 Å². The fraction of sp³-hybridized carbons (Fsp3) is 0.500. The van der Waals surface area contributed by atoms with Gasteiger partial charge in [0.2, 0.25) is 0 Å². The molecule has 0 aliphatic rings. The molecule has 4 nitrogen and oxygen atoms in total. The smallest absolute Gasteiger partial charge is 0.157 e. The molecular formula is C12H17ClN4. The Kier molecular flexibility index (Phi) is 4.20.